The second-order valence-corrected chi connectivity index (χ2v) is 8.66. The van der Waals surface area contributed by atoms with Crippen molar-refractivity contribution in [3.8, 4) is 11.5 Å². The highest BCUT2D eigenvalue weighted by atomic mass is 32.2. The quantitative estimate of drug-likeness (QED) is 0.650. The van der Waals surface area contributed by atoms with Crippen LogP contribution in [0.4, 0.5) is 5.69 Å². The van der Waals surface area contributed by atoms with Gasteiger partial charge in [-0.1, -0.05) is 18.2 Å². The summed E-state index contributed by atoms with van der Waals surface area (Å²) in [6.07, 6.45) is 1.79. The van der Waals surface area contributed by atoms with Crippen LogP contribution in [-0.2, 0) is 19.6 Å². The number of methoxy groups -OCH3 is 2. The molecule has 0 saturated carbocycles. The van der Waals surface area contributed by atoms with Gasteiger partial charge in [0.05, 0.1) is 30.9 Å². The van der Waals surface area contributed by atoms with Crippen LogP contribution in [0.15, 0.2) is 53.4 Å². The van der Waals surface area contributed by atoms with E-state index in [2.05, 4.69) is 5.32 Å². The fourth-order valence-corrected chi connectivity index (χ4v) is 4.68. The van der Waals surface area contributed by atoms with Gasteiger partial charge in [0, 0.05) is 19.2 Å². The summed E-state index contributed by atoms with van der Waals surface area (Å²) in [7, 11) is -1.08. The van der Waals surface area contributed by atoms with Crippen LogP contribution in [0.3, 0.4) is 0 Å². The number of benzene rings is 2. The standard InChI is InChI=1S/C21H26N2O6S/c1-27-16-10-11-19(20(13-16)28-2)23(30(25,26)18-8-4-3-5-9-18)15-21(24)22-14-17-7-6-12-29-17/h3-5,8-11,13,17H,6-7,12,14-15H2,1-2H3,(H,22,24)/t17-/m1/s1. The summed E-state index contributed by atoms with van der Waals surface area (Å²) in [5.74, 6) is 0.360. The molecule has 1 aliphatic heterocycles. The Morgan fingerprint density at radius 2 is 1.93 bits per heavy atom. The number of carbonyl (C=O) groups excluding carboxylic acids is 1. The Morgan fingerprint density at radius 1 is 1.17 bits per heavy atom. The number of amides is 1. The van der Waals surface area contributed by atoms with Gasteiger partial charge in [-0.15, -0.1) is 0 Å². The lowest BCUT2D eigenvalue weighted by Crippen LogP contribution is -2.43. The Hall–Kier alpha value is -2.78. The first-order valence-electron chi connectivity index (χ1n) is 9.64. The Morgan fingerprint density at radius 3 is 2.57 bits per heavy atom. The van der Waals surface area contributed by atoms with Crippen molar-refractivity contribution in [3.63, 3.8) is 0 Å². The van der Waals surface area contributed by atoms with Gasteiger partial charge < -0.3 is 19.5 Å². The van der Waals surface area contributed by atoms with Gasteiger partial charge in [0.15, 0.2) is 0 Å². The Balaban J connectivity index is 1.92. The molecule has 1 atom stereocenters. The summed E-state index contributed by atoms with van der Waals surface area (Å²) in [4.78, 5) is 12.7. The zero-order chi connectivity index (χ0) is 21.6. The minimum Gasteiger partial charge on any atom is -0.497 e. The van der Waals surface area contributed by atoms with Gasteiger partial charge in [0.2, 0.25) is 5.91 Å². The van der Waals surface area contributed by atoms with Crippen LogP contribution in [0.5, 0.6) is 11.5 Å². The normalized spacial score (nSPS) is 16.1. The van der Waals surface area contributed by atoms with Crippen LogP contribution < -0.4 is 19.1 Å². The molecule has 2 aromatic carbocycles. The molecule has 9 heteroatoms. The molecule has 0 bridgehead atoms. The van der Waals surface area contributed by atoms with Crippen molar-refractivity contribution in [2.24, 2.45) is 0 Å². The molecule has 0 unspecified atom stereocenters. The van der Waals surface area contributed by atoms with Crippen LogP contribution in [0, 0.1) is 0 Å². The van der Waals surface area contributed by atoms with E-state index < -0.39 is 22.5 Å². The van der Waals surface area contributed by atoms with E-state index >= 15 is 0 Å². The number of sulfonamides is 1. The average Bonchev–Trinajstić information content (AvgIpc) is 3.30. The number of carbonyl (C=O) groups is 1. The maximum Gasteiger partial charge on any atom is 0.264 e. The van der Waals surface area contributed by atoms with E-state index in [-0.39, 0.29) is 22.4 Å². The second kappa shape index (κ2) is 9.82. The van der Waals surface area contributed by atoms with Crippen LogP contribution in [-0.4, -0.2) is 54.3 Å². The average molecular weight is 435 g/mol. The van der Waals surface area contributed by atoms with Crippen LogP contribution in [0.2, 0.25) is 0 Å². The first kappa shape index (κ1) is 21.9. The van der Waals surface area contributed by atoms with Gasteiger partial charge >= 0.3 is 0 Å². The van der Waals surface area contributed by atoms with Crippen LogP contribution in [0.25, 0.3) is 0 Å². The summed E-state index contributed by atoms with van der Waals surface area (Å²) in [6, 6.07) is 12.7. The summed E-state index contributed by atoms with van der Waals surface area (Å²) < 4.78 is 43.9. The molecular formula is C21H26N2O6S. The summed E-state index contributed by atoms with van der Waals surface area (Å²) in [5, 5.41) is 2.77. The molecule has 1 aliphatic rings. The largest absolute Gasteiger partial charge is 0.497 e. The number of ether oxygens (including phenoxy) is 3. The first-order chi connectivity index (χ1) is 14.5. The van der Waals surface area contributed by atoms with E-state index in [0.717, 1.165) is 17.1 Å². The number of rotatable bonds is 9. The highest BCUT2D eigenvalue weighted by molar-refractivity contribution is 7.92. The molecule has 3 rings (SSSR count). The third-order valence-electron chi connectivity index (χ3n) is 4.82. The van der Waals surface area contributed by atoms with Gasteiger partial charge in [-0.25, -0.2) is 8.42 Å². The highest BCUT2D eigenvalue weighted by Crippen LogP contribution is 2.35. The predicted molar refractivity (Wildman–Crippen MR) is 113 cm³/mol. The summed E-state index contributed by atoms with van der Waals surface area (Å²) >= 11 is 0. The molecule has 1 saturated heterocycles. The van der Waals surface area contributed by atoms with Crippen molar-refractivity contribution in [2.75, 3.05) is 38.2 Å². The number of hydrogen-bond donors (Lipinski definition) is 1. The molecule has 162 valence electrons. The lowest BCUT2D eigenvalue weighted by Gasteiger charge is -2.26. The fourth-order valence-electron chi connectivity index (χ4n) is 3.23. The zero-order valence-electron chi connectivity index (χ0n) is 17.0. The van der Waals surface area contributed by atoms with E-state index in [9.17, 15) is 13.2 Å². The Kier molecular flexibility index (Phi) is 7.17. The third-order valence-corrected chi connectivity index (χ3v) is 6.60. The molecule has 0 aliphatic carbocycles. The molecule has 1 N–H and O–H groups in total. The first-order valence-corrected chi connectivity index (χ1v) is 11.1. The molecule has 0 radical (unpaired) electrons. The molecule has 0 aromatic heterocycles. The Bertz CT molecular complexity index is 959. The van der Waals surface area contributed by atoms with Crippen molar-refractivity contribution in [2.45, 2.75) is 23.8 Å². The van der Waals surface area contributed by atoms with Gasteiger partial charge in [-0.3, -0.25) is 9.10 Å². The van der Waals surface area contributed by atoms with Gasteiger partial charge in [-0.05, 0) is 37.1 Å². The lowest BCUT2D eigenvalue weighted by molar-refractivity contribution is -0.120. The van der Waals surface area contributed by atoms with E-state index in [4.69, 9.17) is 14.2 Å². The van der Waals surface area contributed by atoms with Crippen molar-refractivity contribution in [1.29, 1.82) is 0 Å². The van der Waals surface area contributed by atoms with Gasteiger partial charge in [-0.2, -0.15) is 0 Å². The molecular weight excluding hydrogens is 408 g/mol. The molecule has 8 nitrogen and oxygen atoms in total. The number of hydrogen-bond acceptors (Lipinski definition) is 6. The molecule has 1 heterocycles. The van der Waals surface area contributed by atoms with E-state index in [1.54, 1.807) is 36.4 Å². The number of nitrogens with zero attached hydrogens (tertiary/aromatic N) is 1. The van der Waals surface area contributed by atoms with Crippen molar-refractivity contribution in [1.82, 2.24) is 5.32 Å². The second-order valence-electron chi connectivity index (χ2n) is 6.80. The van der Waals surface area contributed by atoms with Crippen molar-refractivity contribution in [3.05, 3.63) is 48.5 Å². The molecule has 0 spiro atoms. The highest BCUT2D eigenvalue weighted by Gasteiger charge is 2.30. The molecule has 1 amide bonds. The fraction of sp³-hybridized carbons (Fsp3) is 0.381. The zero-order valence-corrected chi connectivity index (χ0v) is 17.9. The van der Waals surface area contributed by atoms with Crippen LogP contribution in [0.1, 0.15) is 12.8 Å². The topological polar surface area (TPSA) is 94.2 Å². The van der Waals surface area contributed by atoms with Gasteiger partial charge in [0.25, 0.3) is 10.0 Å². The maximum absolute atomic E-state index is 13.4. The molecule has 30 heavy (non-hydrogen) atoms. The van der Waals surface area contributed by atoms with E-state index in [1.807, 2.05) is 0 Å². The molecule has 1 fully saturated rings. The minimum atomic E-state index is -4.02. The molecule has 2 aromatic rings. The third kappa shape index (κ3) is 5.03. The van der Waals surface area contributed by atoms with Crippen LogP contribution >= 0.6 is 0 Å². The summed E-state index contributed by atoms with van der Waals surface area (Å²) in [6.45, 7) is 0.628. The summed E-state index contributed by atoms with van der Waals surface area (Å²) in [5.41, 5.74) is 0.245. The van der Waals surface area contributed by atoms with E-state index in [1.165, 1.54) is 26.4 Å². The minimum absolute atomic E-state index is 0.0383. The monoisotopic (exact) mass is 434 g/mol. The van der Waals surface area contributed by atoms with E-state index in [0.29, 0.717) is 18.9 Å². The van der Waals surface area contributed by atoms with Crippen molar-refractivity contribution < 1.29 is 27.4 Å². The maximum atomic E-state index is 13.4. The number of anilines is 1. The smallest absolute Gasteiger partial charge is 0.264 e. The predicted octanol–water partition coefficient (Wildman–Crippen LogP) is 2.19. The lowest BCUT2D eigenvalue weighted by atomic mass is 10.2. The number of nitrogens with one attached hydrogen (secondary N) is 1. The van der Waals surface area contributed by atoms with Crippen molar-refractivity contribution >= 4 is 21.6 Å². The van der Waals surface area contributed by atoms with Gasteiger partial charge in [0.1, 0.15) is 18.0 Å². The Labute approximate surface area is 176 Å². The SMILES string of the molecule is COc1ccc(N(CC(=O)NC[C@H]2CCCO2)S(=O)(=O)c2ccccc2)c(OC)c1.